The van der Waals surface area contributed by atoms with Crippen molar-refractivity contribution < 1.29 is 29.0 Å². The second kappa shape index (κ2) is 9.92. The molecule has 30 heavy (non-hydrogen) atoms. The lowest BCUT2D eigenvalue weighted by atomic mass is 9.61. The maximum atomic E-state index is 13.0. The minimum atomic E-state index is -1.66. The Morgan fingerprint density at radius 3 is 2.07 bits per heavy atom. The highest BCUT2D eigenvalue weighted by Crippen LogP contribution is 2.47. The van der Waals surface area contributed by atoms with E-state index in [4.69, 9.17) is 21.1 Å². The van der Waals surface area contributed by atoms with Gasteiger partial charge in [0.15, 0.2) is 5.78 Å². The number of ether oxygens (including phenoxy) is 2. The summed E-state index contributed by atoms with van der Waals surface area (Å²) in [7, 11) is 0. The molecule has 0 aromatic heterocycles. The summed E-state index contributed by atoms with van der Waals surface area (Å²) >= 11 is 6.00. The number of ketones is 1. The van der Waals surface area contributed by atoms with Crippen LogP contribution in [0.5, 0.6) is 0 Å². The summed E-state index contributed by atoms with van der Waals surface area (Å²) in [5.74, 6) is -4.82. The van der Waals surface area contributed by atoms with Gasteiger partial charge in [-0.25, -0.2) is 0 Å². The summed E-state index contributed by atoms with van der Waals surface area (Å²) in [6.45, 7) is 9.36. The first-order valence-electron chi connectivity index (χ1n) is 10.3. The van der Waals surface area contributed by atoms with Crippen LogP contribution < -0.4 is 0 Å². The Morgan fingerprint density at radius 2 is 1.57 bits per heavy atom. The van der Waals surface area contributed by atoms with Crippen molar-refractivity contribution in [3.8, 4) is 0 Å². The zero-order valence-electron chi connectivity index (χ0n) is 18.2. The number of halogens is 1. The van der Waals surface area contributed by atoms with Gasteiger partial charge in [0.25, 0.3) is 0 Å². The Labute approximate surface area is 182 Å². The summed E-state index contributed by atoms with van der Waals surface area (Å²) in [4.78, 5) is 38.9. The molecule has 7 heteroatoms. The number of benzene rings is 1. The highest BCUT2D eigenvalue weighted by Gasteiger charge is 2.57. The molecule has 4 atom stereocenters. The Hall–Kier alpha value is -1.92. The van der Waals surface area contributed by atoms with E-state index in [-0.39, 0.29) is 31.5 Å². The van der Waals surface area contributed by atoms with Gasteiger partial charge in [-0.15, -0.1) is 0 Å². The smallest absolute Gasteiger partial charge is 0.317 e. The van der Waals surface area contributed by atoms with E-state index < -0.39 is 41.1 Å². The van der Waals surface area contributed by atoms with Gasteiger partial charge in [0, 0.05) is 17.4 Å². The van der Waals surface area contributed by atoms with Crippen LogP contribution in [0, 0.1) is 23.7 Å². The Kier molecular flexibility index (Phi) is 8.06. The van der Waals surface area contributed by atoms with E-state index in [1.807, 2.05) is 27.7 Å². The largest absolute Gasteiger partial charge is 0.465 e. The SMILES string of the molecule is CC(C)COC(=O)[C@H]1C(=O)C[C@@](C)(O)[C@H](C(=O)OCC(C)C)[C@@H]1c1ccc(Cl)cc1. The van der Waals surface area contributed by atoms with Crippen LogP contribution in [0.4, 0.5) is 0 Å². The maximum Gasteiger partial charge on any atom is 0.317 e. The molecule has 0 saturated heterocycles. The van der Waals surface area contributed by atoms with Crippen molar-refractivity contribution in [1.29, 1.82) is 0 Å². The highest BCUT2D eigenvalue weighted by atomic mass is 35.5. The van der Waals surface area contributed by atoms with Gasteiger partial charge in [0.05, 0.1) is 24.7 Å². The summed E-state index contributed by atoms with van der Waals surface area (Å²) in [6, 6.07) is 6.57. The molecule has 6 nitrogen and oxygen atoms in total. The summed E-state index contributed by atoms with van der Waals surface area (Å²) < 4.78 is 10.8. The van der Waals surface area contributed by atoms with Crippen LogP contribution in [0.3, 0.4) is 0 Å². The van der Waals surface area contributed by atoms with Crippen molar-refractivity contribution in [3.63, 3.8) is 0 Å². The summed E-state index contributed by atoms with van der Waals surface area (Å²) in [5, 5.41) is 11.5. The van der Waals surface area contributed by atoms with Crippen LogP contribution >= 0.6 is 11.6 Å². The normalized spacial score (nSPS) is 26.7. The summed E-state index contributed by atoms with van der Waals surface area (Å²) in [5.41, 5.74) is -1.12. The molecule has 0 bridgehead atoms. The first-order valence-corrected chi connectivity index (χ1v) is 10.7. The van der Waals surface area contributed by atoms with E-state index in [9.17, 15) is 19.5 Å². The standard InChI is InChI=1S/C23H31ClO6/c1-13(2)11-29-21(26)19-17(25)10-23(5,28)20(22(27)30-12-14(3)4)18(19)15-6-8-16(24)9-7-15/h6-9,13-14,18-20,28H,10-12H2,1-5H3/t18-,19+,20+,23-/m1/s1. The predicted molar refractivity (Wildman–Crippen MR) is 113 cm³/mol. The molecule has 1 aliphatic rings. The molecule has 2 rings (SSSR count). The molecule has 1 aliphatic carbocycles. The van der Waals surface area contributed by atoms with Crippen molar-refractivity contribution in [2.75, 3.05) is 13.2 Å². The predicted octanol–water partition coefficient (Wildman–Crippen LogP) is 3.78. The molecule has 0 amide bonds. The lowest BCUT2D eigenvalue weighted by Crippen LogP contribution is -2.55. The molecule has 0 heterocycles. The van der Waals surface area contributed by atoms with Gasteiger partial charge in [-0.1, -0.05) is 51.4 Å². The zero-order valence-corrected chi connectivity index (χ0v) is 18.9. The molecule has 0 radical (unpaired) electrons. The number of hydrogen-bond acceptors (Lipinski definition) is 6. The average Bonchev–Trinajstić information content (AvgIpc) is 2.63. The molecular weight excluding hydrogens is 408 g/mol. The molecule has 1 saturated carbocycles. The van der Waals surface area contributed by atoms with Crippen LogP contribution in [0.1, 0.15) is 52.5 Å². The van der Waals surface area contributed by atoms with Gasteiger partial charge in [-0.05, 0) is 36.5 Å². The molecule has 0 aliphatic heterocycles. The van der Waals surface area contributed by atoms with E-state index in [2.05, 4.69) is 0 Å². The van der Waals surface area contributed by atoms with Crippen LogP contribution in [0.25, 0.3) is 0 Å². The minimum Gasteiger partial charge on any atom is -0.465 e. The topological polar surface area (TPSA) is 89.9 Å². The molecule has 1 aromatic rings. The van der Waals surface area contributed by atoms with E-state index >= 15 is 0 Å². The van der Waals surface area contributed by atoms with Crippen LogP contribution in [-0.4, -0.2) is 41.6 Å². The number of carbonyl (C=O) groups is 3. The molecular formula is C23H31ClO6. The van der Waals surface area contributed by atoms with Crippen LogP contribution in [0.2, 0.25) is 5.02 Å². The third-order valence-electron chi connectivity index (χ3n) is 5.15. The third kappa shape index (κ3) is 5.82. The van der Waals surface area contributed by atoms with E-state index in [0.29, 0.717) is 10.6 Å². The van der Waals surface area contributed by atoms with Gasteiger partial charge in [-0.3, -0.25) is 14.4 Å². The van der Waals surface area contributed by atoms with Gasteiger partial charge < -0.3 is 14.6 Å². The molecule has 1 fully saturated rings. The average molecular weight is 439 g/mol. The molecule has 166 valence electrons. The molecule has 0 unspecified atom stereocenters. The number of aliphatic hydroxyl groups is 1. The van der Waals surface area contributed by atoms with Gasteiger partial charge in [0.2, 0.25) is 0 Å². The van der Waals surface area contributed by atoms with Gasteiger partial charge >= 0.3 is 11.9 Å². The third-order valence-corrected chi connectivity index (χ3v) is 5.40. The van der Waals surface area contributed by atoms with Crippen molar-refractivity contribution in [2.45, 2.75) is 52.6 Å². The molecule has 0 spiro atoms. The maximum absolute atomic E-state index is 13.0. The molecule has 1 N–H and O–H groups in total. The number of esters is 2. The number of hydrogen-bond donors (Lipinski definition) is 1. The second-order valence-electron chi connectivity index (χ2n) is 9.08. The fraction of sp³-hybridized carbons (Fsp3) is 0.609. The van der Waals surface area contributed by atoms with Crippen molar-refractivity contribution >= 4 is 29.3 Å². The first kappa shape index (κ1) is 24.4. The van der Waals surface area contributed by atoms with Crippen LogP contribution in [-0.2, 0) is 23.9 Å². The van der Waals surface area contributed by atoms with Gasteiger partial charge in [0.1, 0.15) is 5.92 Å². The lowest BCUT2D eigenvalue weighted by Gasteiger charge is -2.43. The molecule has 1 aromatic carbocycles. The van der Waals surface area contributed by atoms with E-state index in [1.165, 1.54) is 6.92 Å². The number of Topliss-reactive ketones (excluding diaryl/α,β-unsaturated/α-hetero) is 1. The van der Waals surface area contributed by atoms with Gasteiger partial charge in [-0.2, -0.15) is 0 Å². The number of carbonyl (C=O) groups excluding carboxylic acids is 3. The Morgan fingerprint density at radius 1 is 1.07 bits per heavy atom. The monoisotopic (exact) mass is 438 g/mol. The Balaban J connectivity index is 2.51. The van der Waals surface area contributed by atoms with Crippen molar-refractivity contribution in [3.05, 3.63) is 34.9 Å². The van der Waals surface area contributed by atoms with Crippen LogP contribution in [0.15, 0.2) is 24.3 Å². The second-order valence-corrected chi connectivity index (χ2v) is 9.52. The lowest BCUT2D eigenvalue weighted by molar-refractivity contribution is -0.173. The fourth-order valence-corrected chi connectivity index (χ4v) is 3.90. The van der Waals surface area contributed by atoms with E-state index in [1.54, 1.807) is 24.3 Å². The number of rotatable bonds is 7. The van der Waals surface area contributed by atoms with E-state index in [0.717, 1.165) is 0 Å². The summed E-state index contributed by atoms with van der Waals surface area (Å²) in [6.07, 6.45) is -0.333. The van der Waals surface area contributed by atoms with Crippen molar-refractivity contribution in [1.82, 2.24) is 0 Å². The zero-order chi connectivity index (χ0) is 22.6. The minimum absolute atomic E-state index is 0.0940. The van der Waals surface area contributed by atoms with Crippen molar-refractivity contribution in [2.24, 2.45) is 23.7 Å². The first-order chi connectivity index (χ1) is 13.9. The highest BCUT2D eigenvalue weighted by molar-refractivity contribution is 6.30. The fourth-order valence-electron chi connectivity index (χ4n) is 3.78. The Bertz CT molecular complexity index is 768. The quantitative estimate of drug-likeness (QED) is 0.514.